The van der Waals surface area contributed by atoms with Gasteiger partial charge < -0.3 is 14.6 Å². The van der Waals surface area contributed by atoms with Crippen LogP contribution in [0.15, 0.2) is 23.1 Å². The summed E-state index contributed by atoms with van der Waals surface area (Å²) in [4.78, 5) is 11.5. The van der Waals surface area contributed by atoms with E-state index in [2.05, 4.69) is 5.32 Å². The van der Waals surface area contributed by atoms with Gasteiger partial charge in [-0.25, -0.2) is 0 Å². The summed E-state index contributed by atoms with van der Waals surface area (Å²) in [6, 6.07) is 3.61. The van der Waals surface area contributed by atoms with Gasteiger partial charge in [-0.1, -0.05) is 0 Å². The molecule has 0 spiro atoms. The lowest BCUT2D eigenvalue weighted by Gasteiger charge is -2.07. The third-order valence-corrected chi connectivity index (χ3v) is 2.38. The van der Waals surface area contributed by atoms with Crippen LogP contribution in [-0.4, -0.2) is 31.4 Å². The van der Waals surface area contributed by atoms with Gasteiger partial charge in [-0.15, -0.1) is 0 Å². The number of nitrogens with zero attached hydrogens (tertiary/aromatic N) is 1. The highest BCUT2D eigenvalue weighted by Gasteiger charge is 1.95. The second-order valence-electron chi connectivity index (χ2n) is 3.83. The molecule has 4 heteroatoms. The smallest absolute Gasteiger partial charge is 0.250 e. The van der Waals surface area contributed by atoms with Crippen molar-refractivity contribution in [2.75, 3.05) is 26.8 Å². The number of aryl methyl sites for hydroxylation is 1. The number of rotatable bonds is 7. The van der Waals surface area contributed by atoms with Gasteiger partial charge in [-0.05, 0) is 31.5 Å². The van der Waals surface area contributed by atoms with Gasteiger partial charge in [0.05, 0.1) is 0 Å². The Labute approximate surface area is 96.2 Å². The Morgan fingerprint density at radius 3 is 2.94 bits per heavy atom. The summed E-state index contributed by atoms with van der Waals surface area (Å²) in [5.41, 5.74) is 1.08. The first-order chi connectivity index (χ1) is 7.74. The van der Waals surface area contributed by atoms with Gasteiger partial charge >= 0.3 is 0 Å². The highest BCUT2D eigenvalue weighted by Crippen LogP contribution is 1.90. The summed E-state index contributed by atoms with van der Waals surface area (Å²) < 4.78 is 6.66. The molecule has 0 saturated heterocycles. The fraction of sp³-hybridized carbons (Fsp3) is 0.583. The van der Waals surface area contributed by atoms with E-state index in [-0.39, 0.29) is 5.56 Å². The first-order valence-electron chi connectivity index (χ1n) is 5.61. The third-order valence-electron chi connectivity index (χ3n) is 2.38. The highest BCUT2D eigenvalue weighted by molar-refractivity contribution is 5.07. The standard InChI is InChI=1S/C12H20N2O2/c1-11-4-7-14(12(15)10-11)8-6-13-5-3-9-16-2/h4,7,10,13H,3,5-6,8-9H2,1-2H3. The number of methoxy groups -OCH3 is 1. The van der Waals surface area contributed by atoms with Crippen molar-refractivity contribution in [1.82, 2.24) is 9.88 Å². The number of aromatic nitrogens is 1. The van der Waals surface area contributed by atoms with E-state index in [4.69, 9.17) is 4.74 Å². The van der Waals surface area contributed by atoms with Gasteiger partial charge in [-0.2, -0.15) is 0 Å². The molecule has 4 nitrogen and oxygen atoms in total. The first-order valence-corrected chi connectivity index (χ1v) is 5.61. The van der Waals surface area contributed by atoms with Crippen molar-refractivity contribution < 1.29 is 4.74 Å². The first kappa shape index (κ1) is 12.9. The van der Waals surface area contributed by atoms with E-state index in [0.717, 1.165) is 31.7 Å². The fourth-order valence-electron chi connectivity index (χ4n) is 1.46. The van der Waals surface area contributed by atoms with E-state index in [9.17, 15) is 4.79 Å². The van der Waals surface area contributed by atoms with Crippen molar-refractivity contribution in [2.24, 2.45) is 0 Å². The minimum Gasteiger partial charge on any atom is -0.385 e. The molecule has 1 aromatic rings. The molecule has 0 aliphatic rings. The molecule has 0 aromatic carbocycles. The molecular weight excluding hydrogens is 204 g/mol. The zero-order valence-electron chi connectivity index (χ0n) is 10.0. The van der Waals surface area contributed by atoms with Gasteiger partial charge in [-0.3, -0.25) is 4.79 Å². The Morgan fingerprint density at radius 2 is 2.25 bits per heavy atom. The molecule has 0 saturated carbocycles. The Kier molecular flexibility index (Phi) is 5.82. The lowest BCUT2D eigenvalue weighted by molar-refractivity contribution is 0.194. The minimum atomic E-state index is 0.0682. The molecule has 1 aromatic heterocycles. The van der Waals surface area contributed by atoms with Gasteiger partial charge in [0.1, 0.15) is 0 Å². The van der Waals surface area contributed by atoms with Crippen molar-refractivity contribution in [3.05, 3.63) is 34.2 Å². The molecule has 0 fully saturated rings. The third kappa shape index (κ3) is 4.59. The van der Waals surface area contributed by atoms with Crippen LogP contribution < -0.4 is 10.9 Å². The van der Waals surface area contributed by atoms with Crippen molar-refractivity contribution in [3.8, 4) is 0 Å². The molecule has 1 N–H and O–H groups in total. The zero-order valence-corrected chi connectivity index (χ0v) is 10.0. The van der Waals surface area contributed by atoms with Crippen molar-refractivity contribution >= 4 is 0 Å². The summed E-state index contributed by atoms with van der Waals surface area (Å²) in [6.07, 6.45) is 2.84. The topological polar surface area (TPSA) is 43.3 Å². The van der Waals surface area contributed by atoms with Crippen LogP contribution in [0.3, 0.4) is 0 Å². The molecular formula is C12H20N2O2. The number of ether oxygens (including phenoxy) is 1. The molecule has 0 aliphatic heterocycles. The lowest BCUT2D eigenvalue weighted by atomic mass is 10.3. The molecule has 1 rings (SSSR count). The van der Waals surface area contributed by atoms with Gasteiger partial charge in [0, 0.05) is 39.1 Å². The maximum atomic E-state index is 11.5. The molecule has 0 unspecified atom stereocenters. The van der Waals surface area contributed by atoms with Crippen molar-refractivity contribution in [2.45, 2.75) is 19.9 Å². The molecule has 90 valence electrons. The second-order valence-corrected chi connectivity index (χ2v) is 3.83. The summed E-state index contributed by atoms with van der Waals surface area (Å²) in [7, 11) is 1.70. The maximum Gasteiger partial charge on any atom is 0.250 e. The number of hydrogen-bond acceptors (Lipinski definition) is 3. The maximum absolute atomic E-state index is 11.5. The van der Waals surface area contributed by atoms with Crippen LogP contribution in [0.1, 0.15) is 12.0 Å². The Balaban J connectivity index is 2.24. The predicted molar refractivity (Wildman–Crippen MR) is 64.8 cm³/mol. The molecule has 0 amide bonds. The van der Waals surface area contributed by atoms with E-state index < -0.39 is 0 Å². The average molecular weight is 224 g/mol. The van der Waals surface area contributed by atoms with Crippen LogP contribution in [0.25, 0.3) is 0 Å². The quantitative estimate of drug-likeness (QED) is 0.696. The van der Waals surface area contributed by atoms with Crippen LogP contribution in [0, 0.1) is 6.92 Å². The Morgan fingerprint density at radius 1 is 1.44 bits per heavy atom. The number of hydrogen-bond donors (Lipinski definition) is 1. The number of nitrogens with one attached hydrogen (secondary N) is 1. The Hall–Kier alpha value is -1.13. The fourth-order valence-corrected chi connectivity index (χ4v) is 1.46. The average Bonchev–Trinajstić information content (AvgIpc) is 2.26. The Bertz CT molecular complexity index is 360. The predicted octanol–water partition coefficient (Wildman–Crippen LogP) is 0.783. The van der Waals surface area contributed by atoms with Crippen LogP contribution in [0.2, 0.25) is 0 Å². The largest absolute Gasteiger partial charge is 0.385 e. The molecule has 1 heterocycles. The monoisotopic (exact) mass is 224 g/mol. The summed E-state index contributed by atoms with van der Waals surface area (Å²) >= 11 is 0. The van der Waals surface area contributed by atoms with Gasteiger partial charge in [0.2, 0.25) is 0 Å². The SMILES string of the molecule is COCCCNCCn1ccc(C)cc1=O. The van der Waals surface area contributed by atoms with E-state index in [0.29, 0.717) is 6.54 Å². The molecule has 0 atom stereocenters. The normalized spacial score (nSPS) is 10.6. The molecule has 16 heavy (non-hydrogen) atoms. The van der Waals surface area contributed by atoms with Crippen LogP contribution >= 0.6 is 0 Å². The summed E-state index contributed by atoms with van der Waals surface area (Å²) in [5.74, 6) is 0. The molecule has 0 aliphatic carbocycles. The second kappa shape index (κ2) is 7.19. The van der Waals surface area contributed by atoms with Gasteiger partial charge in [0.15, 0.2) is 0 Å². The summed E-state index contributed by atoms with van der Waals surface area (Å²) in [6.45, 7) is 5.15. The minimum absolute atomic E-state index is 0.0682. The number of pyridine rings is 1. The van der Waals surface area contributed by atoms with Crippen LogP contribution in [-0.2, 0) is 11.3 Å². The van der Waals surface area contributed by atoms with E-state index in [1.165, 1.54) is 0 Å². The van der Waals surface area contributed by atoms with E-state index >= 15 is 0 Å². The highest BCUT2D eigenvalue weighted by atomic mass is 16.5. The van der Waals surface area contributed by atoms with Crippen molar-refractivity contribution in [1.29, 1.82) is 0 Å². The zero-order chi connectivity index (χ0) is 11.8. The van der Waals surface area contributed by atoms with Crippen LogP contribution in [0.4, 0.5) is 0 Å². The molecule has 0 bridgehead atoms. The molecule has 0 radical (unpaired) electrons. The van der Waals surface area contributed by atoms with E-state index in [1.807, 2.05) is 19.2 Å². The summed E-state index contributed by atoms with van der Waals surface area (Å²) in [5, 5.41) is 3.27. The van der Waals surface area contributed by atoms with Crippen LogP contribution in [0.5, 0.6) is 0 Å². The van der Waals surface area contributed by atoms with Crippen molar-refractivity contribution in [3.63, 3.8) is 0 Å². The van der Waals surface area contributed by atoms with E-state index in [1.54, 1.807) is 17.7 Å². The lowest BCUT2D eigenvalue weighted by Crippen LogP contribution is -2.27. The van der Waals surface area contributed by atoms with Gasteiger partial charge in [0.25, 0.3) is 5.56 Å².